The summed E-state index contributed by atoms with van der Waals surface area (Å²) in [6.45, 7) is 8.14. The Morgan fingerprint density at radius 2 is 1.70 bits per heavy atom. The van der Waals surface area contributed by atoms with Crippen LogP contribution in [0.15, 0.2) is 54.6 Å². The molecule has 0 N–H and O–H groups in total. The van der Waals surface area contributed by atoms with Crippen LogP contribution in [-0.4, -0.2) is 15.7 Å². The van der Waals surface area contributed by atoms with Gasteiger partial charge in [-0.25, -0.2) is 13.9 Å². The van der Waals surface area contributed by atoms with Gasteiger partial charge >= 0.3 is 5.97 Å². The Morgan fingerprint density at radius 1 is 1.07 bits per heavy atom. The average molecular weight is 366 g/mol. The number of aromatic nitrogens is 2. The molecule has 0 bridgehead atoms. The molecule has 0 aliphatic rings. The fourth-order valence-electron chi connectivity index (χ4n) is 2.60. The highest BCUT2D eigenvalue weighted by Gasteiger charge is 2.23. The van der Waals surface area contributed by atoms with Gasteiger partial charge in [-0.15, -0.1) is 0 Å². The van der Waals surface area contributed by atoms with Crippen LogP contribution in [0.2, 0.25) is 0 Å². The second-order valence-electron chi connectivity index (χ2n) is 7.45. The van der Waals surface area contributed by atoms with Crippen molar-refractivity contribution >= 4 is 5.97 Å². The van der Waals surface area contributed by atoms with Gasteiger partial charge in [-0.1, -0.05) is 39.8 Å². The highest BCUT2D eigenvalue weighted by Crippen LogP contribution is 2.28. The lowest BCUT2D eigenvalue weighted by Crippen LogP contribution is -2.13. The molecule has 1 aromatic heterocycles. The van der Waals surface area contributed by atoms with E-state index in [0.717, 1.165) is 17.7 Å². The van der Waals surface area contributed by atoms with Crippen LogP contribution >= 0.6 is 0 Å². The lowest BCUT2D eigenvalue weighted by atomic mass is 9.93. The van der Waals surface area contributed by atoms with Gasteiger partial charge in [0.1, 0.15) is 5.82 Å². The van der Waals surface area contributed by atoms with E-state index in [9.17, 15) is 9.18 Å². The van der Waals surface area contributed by atoms with E-state index < -0.39 is 5.97 Å². The Balaban J connectivity index is 1.96. The molecule has 0 aliphatic heterocycles. The number of halogens is 1. The summed E-state index contributed by atoms with van der Waals surface area (Å²) in [5.74, 6) is -0.492. The first kappa shape index (κ1) is 18.8. The lowest BCUT2D eigenvalue weighted by Gasteiger charge is -2.13. The van der Waals surface area contributed by atoms with E-state index >= 15 is 0 Å². The highest BCUT2D eigenvalue weighted by molar-refractivity contribution is 5.91. The second kappa shape index (κ2) is 7.35. The number of aryl methyl sites for hydroxylation is 1. The summed E-state index contributed by atoms with van der Waals surface area (Å²) in [6.07, 6.45) is 0.904. The van der Waals surface area contributed by atoms with Crippen molar-refractivity contribution in [3.8, 4) is 11.6 Å². The van der Waals surface area contributed by atoms with E-state index in [-0.39, 0.29) is 11.2 Å². The lowest BCUT2D eigenvalue weighted by molar-refractivity contribution is 0.0723. The van der Waals surface area contributed by atoms with Crippen LogP contribution < -0.4 is 4.74 Å². The molecule has 27 heavy (non-hydrogen) atoms. The molecular weight excluding hydrogens is 343 g/mol. The summed E-state index contributed by atoms with van der Waals surface area (Å²) in [7, 11) is 0. The van der Waals surface area contributed by atoms with Gasteiger partial charge < -0.3 is 4.74 Å². The SMILES string of the molecule is CCc1ccc(C(=O)Oc2cc(C(C)(C)C)nn2-c2ccc(F)cc2)cc1. The van der Waals surface area contributed by atoms with Crippen LogP contribution in [0, 0.1) is 5.82 Å². The zero-order valence-electron chi connectivity index (χ0n) is 16.0. The van der Waals surface area contributed by atoms with Crippen LogP contribution in [0.1, 0.15) is 49.3 Å². The van der Waals surface area contributed by atoms with Gasteiger partial charge in [0.25, 0.3) is 0 Å². The molecule has 0 radical (unpaired) electrons. The number of esters is 1. The van der Waals surface area contributed by atoms with Crippen molar-refractivity contribution in [2.45, 2.75) is 39.5 Å². The Hall–Kier alpha value is -2.95. The summed E-state index contributed by atoms with van der Waals surface area (Å²) in [5, 5.41) is 4.57. The zero-order chi connectivity index (χ0) is 19.6. The molecule has 0 fully saturated rings. The molecule has 3 rings (SSSR count). The largest absolute Gasteiger partial charge is 0.404 e. The number of carbonyl (C=O) groups excluding carboxylic acids is 1. The first-order valence-electron chi connectivity index (χ1n) is 8.95. The smallest absolute Gasteiger partial charge is 0.344 e. The minimum atomic E-state index is -0.457. The summed E-state index contributed by atoms with van der Waals surface area (Å²) in [4.78, 5) is 12.6. The Labute approximate surface area is 158 Å². The summed E-state index contributed by atoms with van der Waals surface area (Å²) in [5.41, 5.74) is 2.79. The highest BCUT2D eigenvalue weighted by atomic mass is 19.1. The predicted molar refractivity (Wildman–Crippen MR) is 103 cm³/mol. The van der Waals surface area contributed by atoms with E-state index in [0.29, 0.717) is 17.1 Å². The quantitative estimate of drug-likeness (QED) is 0.604. The molecule has 0 spiro atoms. The number of benzene rings is 2. The molecule has 0 saturated heterocycles. The summed E-state index contributed by atoms with van der Waals surface area (Å²) >= 11 is 0. The van der Waals surface area contributed by atoms with Gasteiger partial charge in [0, 0.05) is 11.5 Å². The predicted octanol–water partition coefficient (Wildman–Crippen LogP) is 5.09. The molecule has 0 amide bonds. The Morgan fingerprint density at radius 3 is 2.26 bits per heavy atom. The molecule has 140 valence electrons. The van der Waals surface area contributed by atoms with Gasteiger partial charge in [-0.2, -0.15) is 5.10 Å². The van der Waals surface area contributed by atoms with E-state index in [1.165, 1.54) is 16.8 Å². The molecule has 2 aromatic carbocycles. The number of hydrogen-bond donors (Lipinski definition) is 0. The van der Waals surface area contributed by atoms with Crippen molar-refractivity contribution in [3.05, 3.63) is 77.2 Å². The van der Waals surface area contributed by atoms with Gasteiger partial charge in [-0.3, -0.25) is 0 Å². The number of carbonyl (C=O) groups is 1. The third kappa shape index (κ3) is 4.25. The maximum absolute atomic E-state index is 13.3. The fraction of sp³-hybridized carbons (Fsp3) is 0.273. The monoisotopic (exact) mass is 366 g/mol. The van der Waals surface area contributed by atoms with Crippen LogP contribution in [0.3, 0.4) is 0 Å². The number of nitrogens with zero attached hydrogens (tertiary/aromatic N) is 2. The van der Waals surface area contributed by atoms with Crippen molar-refractivity contribution in [2.75, 3.05) is 0 Å². The average Bonchev–Trinajstić information content (AvgIpc) is 3.06. The normalized spacial score (nSPS) is 11.4. The van der Waals surface area contributed by atoms with Crippen molar-refractivity contribution in [2.24, 2.45) is 0 Å². The molecule has 4 nitrogen and oxygen atoms in total. The second-order valence-corrected chi connectivity index (χ2v) is 7.45. The van der Waals surface area contributed by atoms with Crippen LogP contribution in [0.25, 0.3) is 5.69 Å². The van der Waals surface area contributed by atoms with Crippen molar-refractivity contribution in [1.82, 2.24) is 9.78 Å². The van der Waals surface area contributed by atoms with Crippen LogP contribution in [0.5, 0.6) is 5.88 Å². The van der Waals surface area contributed by atoms with Crippen molar-refractivity contribution in [3.63, 3.8) is 0 Å². The zero-order valence-corrected chi connectivity index (χ0v) is 16.0. The molecule has 0 saturated carbocycles. The van der Waals surface area contributed by atoms with E-state index in [1.54, 1.807) is 30.3 Å². The molecule has 5 heteroatoms. The fourth-order valence-corrected chi connectivity index (χ4v) is 2.60. The Bertz CT molecular complexity index is 936. The number of rotatable bonds is 4. The first-order chi connectivity index (χ1) is 12.8. The summed E-state index contributed by atoms with van der Waals surface area (Å²) in [6, 6.07) is 15.0. The number of ether oxygens (including phenoxy) is 1. The molecular formula is C22H23FN2O2. The molecule has 3 aromatic rings. The van der Waals surface area contributed by atoms with E-state index in [1.807, 2.05) is 32.9 Å². The Kier molecular flexibility index (Phi) is 5.13. The van der Waals surface area contributed by atoms with Gasteiger partial charge in [0.05, 0.1) is 16.9 Å². The van der Waals surface area contributed by atoms with Crippen molar-refractivity contribution < 1.29 is 13.9 Å². The van der Waals surface area contributed by atoms with E-state index in [4.69, 9.17) is 4.74 Å². The minimum absolute atomic E-state index is 0.227. The maximum Gasteiger partial charge on any atom is 0.344 e. The standard InChI is InChI=1S/C22H23FN2O2/c1-5-15-6-8-16(9-7-15)21(26)27-20-14-19(22(2,3)4)24-25(20)18-12-10-17(23)11-13-18/h6-14H,5H2,1-4H3. The van der Waals surface area contributed by atoms with Gasteiger partial charge in [-0.05, 0) is 48.4 Å². The minimum Gasteiger partial charge on any atom is -0.404 e. The topological polar surface area (TPSA) is 44.1 Å². The molecule has 0 aliphatic carbocycles. The van der Waals surface area contributed by atoms with Gasteiger partial charge in [0.15, 0.2) is 0 Å². The van der Waals surface area contributed by atoms with Crippen LogP contribution in [-0.2, 0) is 11.8 Å². The van der Waals surface area contributed by atoms with Crippen molar-refractivity contribution in [1.29, 1.82) is 0 Å². The van der Waals surface area contributed by atoms with Crippen LogP contribution in [0.4, 0.5) is 4.39 Å². The maximum atomic E-state index is 13.3. The van der Waals surface area contributed by atoms with E-state index in [2.05, 4.69) is 12.0 Å². The third-order valence-corrected chi connectivity index (χ3v) is 4.31. The first-order valence-corrected chi connectivity index (χ1v) is 8.95. The molecule has 0 unspecified atom stereocenters. The third-order valence-electron chi connectivity index (χ3n) is 4.31. The number of hydrogen-bond acceptors (Lipinski definition) is 3. The summed E-state index contributed by atoms with van der Waals surface area (Å²) < 4.78 is 20.4. The molecule has 1 heterocycles. The molecule has 0 atom stereocenters. The van der Waals surface area contributed by atoms with Gasteiger partial charge in [0.2, 0.25) is 5.88 Å².